The van der Waals surface area contributed by atoms with Crippen molar-refractivity contribution in [3.8, 4) is 34.7 Å². The zero-order valence-corrected chi connectivity index (χ0v) is 26.5. The highest BCUT2D eigenvalue weighted by atomic mass is 79.9. The Labute approximate surface area is 267 Å². The van der Waals surface area contributed by atoms with Crippen LogP contribution in [-0.2, 0) is 23.7 Å². The van der Waals surface area contributed by atoms with Crippen LogP contribution in [0.5, 0.6) is 11.5 Å². The summed E-state index contributed by atoms with van der Waals surface area (Å²) < 4.78 is 44.7. The third kappa shape index (κ3) is 6.86. The molecule has 0 radical (unpaired) electrons. The molecule has 0 aliphatic carbocycles. The van der Waals surface area contributed by atoms with Crippen molar-refractivity contribution in [3.05, 3.63) is 104 Å². The Hall–Kier alpha value is -4.69. The minimum Gasteiger partial charge on any atom is -0.454 e. The van der Waals surface area contributed by atoms with Gasteiger partial charge in [0.15, 0.2) is 23.2 Å². The highest BCUT2D eigenvalue weighted by Crippen LogP contribution is 2.39. The molecule has 2 aromatic heterocycles. The number of aromatic amines is 1. The van der Waals surface area contributed by atoms with E-state index in [9.17, 15) is 0 Å². The molecule has 3 aromatic carbocycles. The second-order valence-electron chi connectivity index (χ2n) is 10.5. The van der Waals surface area contributed by atoms with Crippen LogP contribution in [0.15, 0.2) is 70.4 Å². The van der Waals surface area contributed by atoms with Gasteiger partial charge in [-0.05, 0) is 74.2 Å². The van der Waals surface area contributed by atoms with Gasteiger partial charge in [-0.1, -0.05) is 39.1 Å². The monoisotopic (exact) mass is 673 g/mol. The fourth-order valence-corrected chi connectivity index (χ4v) is 5.64. The van der Waals surface area contributed by atoms with Crippen molar-refractivity contribution >= 4 is 26.8 Å². The zero-order chi connectivity index (χ0) is 32.0. The molecule has 5 aromatic rings. The van der Waals surface area contributed by atoms with Gasteiger partial charge >= 0.3 is 0 Å². The summed E-state index contributed by atoms with van der Waals surface area (Å²) in [6.07, 6.45) is 3.03. The molecule has 1 N–H and O–H groups in total. The van der Waals surface area contributed by atoms with Crippen LogP contribution in [0, 0.1) is 23.5 Å². The van der Waals surface area contributed by atoms with Crippen LogP contribution in [0.25, 0.3) is 32.7 Å². The number of nitrogens with one attached hydrogen (secondary N) is 1. The number of aryl methyl sites for hydroxylation is 1. The van der Waals surface area contributed by atoms with Gasteiger partial charge in [0.1, 0.15) is 18.2 Å². The third-order valence-electron chi connectivity index (χ3n) is 7.59. The van der Waals surface area contributed by atoms with Crippen molar-refractivity contribution in [3.63, 3.8) is 0 Å². The Bertz CT molecular complexity index is 1960. The molecule has 1 unspecified atom stereocenters. The number of aromatic nitrogens is 4. The normalized spacial score (nSPS) is 12.3. The minimum absolute atomic E-state index is 0.111. The maximum atomic E-state index is 15.4. The molecule has 0 saturated heterocycles. The molecule has 0 bridgehead atoms. The number of azide groups is 1. The number of rotatable bonds is 12. The average Bonchev–Trinajstić information content (AvgIpc) is 3.66. The number of halogens is 3. The first-order valence-corrected chi connectivity index (χ1v) is 15.0. The van der Waals surface area contributed by atoms with Crippen molar-refractivity contribution in [1.29, 1.82) is 0 Å². The maximum Gasteiger partial charge on any atom is 0.168 e. The van der Waals surface area contributed by atoms with Gasteiger partial charge in [-0.2, -0.15) is 5.10 Å². The van der Waals surface area contributed by atoms with Crippen LogP contribution in [0.3, 0.4) is 0 Å². The second kappa shape index (κ2) is 13.9. The Kier molecular flexibility index (Phi) is 9.83. The lowest BCUT2D eigenvalue weighted by atomic mass is 9.78. The van der Waals surface area contributed by atoms with Gasteiger partial charge in [0.05, 0.1) is 17.5 Å². The van der Waals surface area contributed by atoms with Crippen LogP contribution in [0.4, 0.5) is 8.78 Å². The number of fused-ring (bicyclic) bond motifs is 1. The molecule has 0 saturated carbocycles. The summed E-state index contributed by atoms with van der Waals surface area (Å²) >= 11 is 3.57. The van der Waals surface area contributed by atoms with Crippen LogP contribution in [-0.4, -0.2) is 33.0 Å². The van der Waals surface area contributed by atoms with E-state index in [0.29, 0.717) is 41.9 Å². The maximum absolute atomic E-state index is 15.4. The van der Waals surface area contributed by atoms with Crippen molar-refractivity contribution < 1.29 is 18.3 Å². The lowest BCUT2D eigenvalue weighted by Crippen LogP contribution is -2.26. The molecule has 0 amide bonds. The Balaban J connectivity index is 1.51. The van der Waals surface area contributed by atoms with Crippen molar-refractivity contribution in [2.75, 3.05) is 13.2 Å². The second-order valence-corrected chi connectivity index (χ2v) is 11.5. The predicted octanol–water partition coefficient (Wildman–Crippen LogP) is 8.73. The van der Waals surface area contributed by atoms with Gasteiger partial charge in [-0.25, -0.2) is 18.4 Å². The fraction of sp³-hybridized carbons (Fsp3) is 0.273. The highest BCUT2D eigenvalue weighted by Gasteiger charge is 2.34. The molecule has 2 heterocycles. The van der Waals surface area contributed by atoms with E-state index < -0.39 is 17.0 Å². The van der Waals surface area contributed by atoms with Crippen LogP contribution < -0.4 is 4.74 Å². The molecular weight excluding hydrogens is 644 g/mol. The summed E-state index contributed by atoms with van der Waals surface area (Å²) in [7, 11) is 1.70. The lowest BCUT2D eigenvalue weighted by Gasteiger charge is -2.27. The van der Waals surface area contributed by atoms with Gasteiger partial charge in [-0.3, -0.25) is 0 Å². The first-order chi connectivity index (χ1) is 21.7. The first-order valence-electron chi connectivity index (χ1n) is 14.2. The Morgan fingerprint density at radius 3 is 2.78 bits per heavy atom. The minimum atomic E-state index is -0.657. The SMILES string of the molecule is CC#CCOCCCC(C)(c1cccc(Br)c1)c1nc(-c2cc(Oc3c(F)cc4[nH]ccc4c3CN=[N+]=[N-])ccc2F)n(C)n1. The largest absolute Gasteiger partial charge is 0.454 e. The quantitative estimate of drug-likeness (QED) is 0.0469. The van der Waals surface area contributed by atoms with E-state index in [2.05, 4.69) is 49.7 Å². The number of hydrogen-bond acceptors (Lipinski definition) is 5. The third-order valence-corrected chi connectivity index (χ3v) is 8.08. The van der Waals surface area contributed by atoms with Gasteiger partial charge in [0.25, 0.3) is 0 Å². The predicted molar refractivity (Wildman–Crippen MR) is 172 cm³/mol. The number of nitrogens with zero attached hydrogens (tertiary/aromatic N) is 6. The highest BCUT2D eigenvalue weighted by molar-refractivity contribution is 9.10. The van der Waals surface area contributed by atoms with E-state index in [0.717, 1.165) is 16.5 Å². The molecule has 230 valence electrons. The number of benzene rings is 3. The molecule has 5 rings (SSSR count). The topological polar surface area (TPSA) is 114 Å². The summed E-state index contributed by atoms with van der Waals surface area (Å²) in [5.41, 5.74) is 10.3. The van der Waals surface area contributed by atoms with E-state index in [-0.39, 0.29) is 29.4 Å². The Morgan fingerprint density at radius 2 is 2.00 bits per heavy atom. The van der Waals surface area contributed by atoms with E-state index >= 15 is 8.78 Å². The molecular formula is C33H30BrF2N7O2. The van der Waals surface area contributed by atoms with E-state index in [1.54, 1.807) is 26.2 Å². The van der Waals surface area contributed by atoms with Crippen molar-refractivity contribution in [2.24, 2.45) is 12.2 Å². The molecule has 0 aliphatic heterocycles. The molecule has 12 heteroatoms. The molecule has 45 heavy (non-hydrogen) atoms. The summed E-state index contributed by atoms with van der Waals surface area (Å²) in [5.74, 6) is 5.37. The van der Waals surface area contributed by atoms with Crippen molar-refractivity contribution in [2.45, 2.75) is 38.6 Å². The molecule has 0 fully saturated rings. The molecule has 9 nitrogen and oxygen atoms in total. The first kappa shape index (κ1) is 31.7. The van der Waals surface area contributed by atoms with Crippen LogP contribution in [0.1, 0.15) is 43.6 Å². The van der Waals surface area contributed by atoms with E-state index in [1.807, 2.05) is 24.3 Å². The number of hydrogen-bond donors (Lipinski definition) is 1. The van der Waals surface area contributed by atoms with Crippen LogP contribution >= 0.6 is 15.9 Å². The van der Waals surface area contributed by atoms with Crippen molar-refractivity contribution in [1.82, 2.24) is 19.7 Å². The van der Waals surface area contributed by atoms with Gasteiger partial charge in [0, 0.05) is 51.8 Å². The summed E-state index contributed by atoms with van der Waals surface area (Å²) in [6, 6.07) is 15.1. The molecule has 1 atom stereocenters. The van der Waals surface area contributed by atoms with Crippen LogP contribution in [0.2, 0.25) is 0 Å². The molecule has 0 spiro atoms. The Morgan fingerprint density at radius 1 is 1.16 bits per heavy atom. The summed E-state index contributed by atoms with van der Waals surface area (Å²) in [4.78, 5) is 10.6. The van der Waals surface area contributed by atoms with Gasteiger partial charge in [-0.15, -0.1) is 5.92 Å². The number of ether oxygens (including phenoxy) is 2. The summed E-state index contributed by atoms with van der Waals surface area (Å²) in [5, 5.41) is 9.02. The molecule has 0 aliphatic rings. The summed E-state index contributed by atoms with van der Waals surface area (Å²) in [6.45, 7) is 4.57. The lowest BCUT2D eigenvalue weighted by molar-refractivity contribution is 0.157. The van der Waals surface area contributed by atoms with E-state index in [4.69, 9.17) is 25.1 Å². The smallest absolute Gasteiger partial charge is 0.168 e. The number of H-pyrrole nitrogens is 1. The standard InChI is InChI=1S/C33H30BrF2N7O2/c1-4-5-15-44-16-7-13-33(2,21-8-6-9-22(34)17-21)32-40-31(43(3)41-32)25-18-23(10-11-27(25)35)45-30-26(20-39-42-37)24-12-14-38-29(24)19-28(30)36/h6,8-12,14,17-19,38H,7,13,15-16,20H2,1-3H3. The van der Waals surface area contributed by atoms with E-state index in [1.165, 1.54) is 28.9 Å². The van der Waals surface area contributed by atoms with Gasteiger partial charge in [0.2, 0.25) is 0 Å². The fourth-order valence-electron chi connectivity index (χ4n) is 5.24. The zero-order valence-electron chi connectivity index (χ0n) is 24.9. The van der Waals surface area contributed by atoms with Gasteiger partial charge < -0.3 is 14.5 Å². The average molecular weight is 675 g/mol.